The van der Waals surface area contributed by atoms with Crippen LogP contribution in [0.25, 0.3) is 45.1 Å². The van der Waals surface area contributed by atoms with E-state index in [0.717, 1.165) is 22.3 Å². The van der Waals surface area contributed by atoms with E-state index in [4.69, 9.17) is 4.98 Å². The number of hydrogen-bond donors (Lipinski definition) is 1. The zero-order valence-electron chi connectivity index (χ0n) is 22.5. The van der Waals surface area contributed by atoms with Crippen molar-refractivity contribution >= 4 is 11.2 Å². The number of nitrogens with zero attached hydrogens (tertiary/aromatic N) is 7. The maximum atomic E-state index is 14.0. The van der Waals surface area contributed by atoms with Gasteiger partial charge in [-0.25, -0.2) is 24.0 Å². The van der Waals surface area contributed by atoms with Gasteiger partial charge in [-0.15, -0.1) is 5.10 Å². The van der Waals surface area contributed by atoms with Gasteiger partial charge in [0.05, 0.1) is 11.4 Å². The Morgan fingerprint density at radius 2 is 1.33 bits per heavy atom. The third-order valence-electron chi connectivity index (χ3n) is 7.30. The van der Waals surface area contributed by atoms with Gasteiger partial charge in [-0.1, -0.05) is 84.9 Å². The van der Waals surface area contributed by atoms with Crippen LogP contribution in [0, 0.1) is 6.92 Å². The molecule has 1 N–H and O–H groups in total. The van der Waals surface area contributed by atoms with Crippen LogP contribution < -0.4 is 11.2 Å². The Kier molecular flexibility index (Phi) is 6.12. The second kappa shape index (κ2) is 10.3. The number of imidazole rings is 1. The molecule has 0 bridgehead atoms. The first-order valence-electron chi connectivity index (χ1n) is 13.4. The minimum absolute atomic E-state index is 0.326. The summed E-state index contributed by atoms with van der Waals surface area (Å²) in [6.07, 6.45) is 0. The summed E-state index contributed by atoms with van der Waals surface area (Å²) in [4.78, 5) is 32.6. The van der Waals surface area contributed by atoms with Gasteiger partial charge in [0.25, 0.3) is 5.56 Å². The molecule has 7 aromatic rings. The number of benzene rings is 4. The molecule has 204 valence electrons. The first kappa shape index (κ1) is 25.1. The molecule has 7 rings (SSSR count). The molecule has 0 fully saturated rings. The second-order valence-electron chi connectivity index (χ2n) is 9.84. The van der Waals surface area contributed by atoms with Crippen molar-refractivity contribution in [2.24, 2.45) is 0 Å². The summed E-state index contributed by atoms with van der Waals surface area (Å²) in [5.74, 6) is 1.22. The molecule has 42 heavy (non-hydrogen) atoms. The van der Waals surface area contributed by atoms with Crippen LogP contribution in [0.4, 0.5) is 0 Å². The van der Waals surface area contributed by atoms with E-state index in [9.17, 15) is 9.59 Å². The van der Waals surface area contributed by atoms with Crippen LogP contribution in [0.15, 0.2) is 119 Å². The molecule has 0 aliphatic rings. The lowest BCUT2D eigenvalue weighted by Gasteiger charge is -2.13. The maximum Gasteiger partial charge on any atom is 0.342 e. The number of aryl methyl sites for hydroxylation is 1. The molecule has 10 heteroatoms. The molecule has 0 unspecified atom stereocenters. The minimum atomic E-state index is -0.473. The van der Waals surface area contributed by atoms with Crippen LogP contribution in [0.3, 0.4) is 0 Å². The van der Waals surface area contributed by atoms with Crippen molar-refractivity contribution in [2.45, 2.75) is 13.5 Å². The van der Waals surface area contributed by atoms with E-state index >= 15 is 0 Å². The number of hydrogen-bond acceptors (Lipinski definition) is 6. The molecule has 3 heterocycles. The van der Waals surface area contributed by atoms with E-state index in [-0.39, 0.29) is 0 Å². The molecule has 3 aromatic heterocycles. The predicted molar refractivity (Wildman–Crippen MR) is 160 cm³/mol. The molecule has 10 nitrogen and oxygen atoms in total. The molecule has 0 radical (unpaired) electrons. The fraction of sp³-hybridized carbons (Fsp3) is 0.0625. The average Bonchev–Trinajstić information content (AvgIpc) is 3.67. The van der Waals surface area contributed by atoms with Crippen molar-refractivity contribution in [2.75, 3.05) is 0 Å². The zero-order valence-corrected chi connectivity index (χ0v) is 22.5. The summed E-state index contributed by atoms with van der Waals surface area (Å²) in [5, 5.41) is 14.3. The molecular weight excluding hydrogens is 528 g/mol. The number of aromatic amines is 1. The summed E-state index contributed by atoms with van der Waals surface area (Å²) < 4.78 is 4.59. The molecule has 0 amide bonds. The third-order valence-corrected chi connectivity index (χ3v) is 7.30. The Hall–Kier alpha value is -5.90. The standard InChI is InChI=1S/C32H24N8O2/c1-21-33-30-28(31(41)40(25-12-6-3-7-13-25)32(42)39(30)24-10-4-2-5-11-24)38(21)20-22-16-18-23(19-17-22)26-14-8-9-15-27(26)29-34-36-37-35-29/h2-19H,20H2,1H3,(H,34,35,36,37). The number of rotatable bonds is 6. The van der Waals surface area contributed by atoms with Crippen molar-refractivity contribution in [3.05, 3.63) is 141 Å². The summed E-state index contributed by atoms with van der Waals surface area (Å²) in [6, 6.07) is 34.3. The highest BCUT2D eigenvalue weighted by atomic mass is 16.2. The Morgan fingerprint density at radius 1 is 0.714 bits per heavy atom. The van der Waals surface area contributed by atoms with Crippen LogP contribution in [0.1, 0.15) is 11.4 Å². The van der Waals surface area contributed by atoms with Gasteiger partial charge in [-0.05, 0) is 58.3 Å². The summed E-state index contributed by atoms with van der Waals surface area (Å²) in [5.41, 5.74) is 4.78. The van der Waals surface area contributed by atoms with Gasteiger partial charge >= 0.3 is 5.69 Å². The van der Waals surface area contributed by atoms with Crippen molar-refractivity contribution < 1.29 is 0 Å². The van der Waals surface area contributed by atoms with Crippen molar-refractivity contribution in [1.29, 1.82) is 0 Å². The highest BCUT2D eigenvalue weighted by Gasteiger charge is 2.22. The fourth-order valence-corrected chi connectivity index (χ4v) is 5.29. The van der Waals surface area contributed by atoms with Crippen LogP contribution in [0.5, 0.6) is 0 Å². The maximum absolute atomic E-state index is 14.0. The van der Waals surface area contributed by atoms with Crippen LogP contribution in [0.2, 0.25) is 0 Å². The molecule has 0 aliphatic heterocycles. The number of tetrazole rings is 1. The predicted octanol–water partition coefficient (Wildman–Crippen LogP) is 4.54. The molecule has 0 atom stereocenters. The van der Waals surface area contributed by atoms with Gasteiger partial charge in [0, 0.05) is 12.1 Å². The molecule has 0 aliphatic carbocycles. The second-order valence-corrected chi connectivity index (χ2v) is 9.84. The molecule has 0 saturated heterocycles. The first-order chi connectivity index (χ1) is 20.6. The Balaban J connectivity index is 1.36. The van der Waals surface area contributed by atoms with E-state index in [0.29, 0.717) is 40.7 Å². The monoisotopic (exact) mass is 552 g/mol. The number of aromatic nitrogens is 8. The Labute approximate surface area is 239 Å². The third kappa shape index (κ3) is 4.22. The fourth-order valence-electron chi connectivity index (χ4n) is 5.29. The van der Waals surface area contributed by atoms with E-state index in [1.165, 1.54) is 9.13 Å². The molecule has 0 spiro atoms. The lowest BCUT2D eigenvalue weighted by Crippen LogP contribution is -2.39. The highest BCUT2D eigenvalue weighted by Crippen LogP contribution is 2.30. The number of nitrogens with one attached hydrogen (secondary N) is 1. The normalized spacial score (nSPS) is 11.3. The van der Waals surface area contributed by atoms with Crippen LogP contribution >= 0.6 is 0 Å². The number of fused-ring (bicyclic) bond motifs is 1. The van der Waals surface area contributed by atoms with Crippen molar-refractivity contribution in [1.82, 2.24) is 39.3 Å². The van der Waals surface area contributed by atoms with Gasteiger partial charge in [-0.2, -0.15) is 0 Å². The lowest BCUT2D eigenvalue weighted by molar-refractivity contribution is 0.771. The largest absolute Gasteiger partial charge is 0.342 e. The van der Waals surface area contributed by atoms with Crippen LogP contribution in [-0.4, -0.2) is 39.3 Å². The molecule has 4 aromatic carbocycles. The van der Waals surface area contributed by atoms with Crippen molar-refractivity contribution in [3.8, 4) is 33.9 Å². The zero-order chi connectivity index (χ0) is 28.6. The van der Waals surface area contributed by atoms with E-state index in [1.807, 2.05) is 96.4 Å². The number of H-pyrrole nitrogens is 1. The molecule has 0 saturated carbocycles. The summed E-state index contributed by atoms with van der Waals surface area (Å²) in [6.45, 7) is 2.25. The Bertz CT molecular complexity index is 2150. The topological polar surface area (TPSA) is 116 Å². The average molecular weight is 553 g/mol. The Morgan fingerprint density at radius 3 is 1.98 bits per heavy atom. The van der Waals surface area contributed by atoms with Gasteiger partial charge < -0.3 is 4.57 Å². The molecular formula is C32H24N8O2. The van der Waals surface area contributed by atoms with Gasteiger partial charge in [-0.3, -0.25) is 4.79 Å². The summed E-state index contributed by atoms with van der Waals surface area (Å²) >= 11 is 0. The SMILES string of the molecule is Cc1nc2c(c(=O)n(-c3ccccc3)c(=O)n2-c2ccccc2)n1Cc1ccc(-c2ccccc2-c2nnn[nH]2)cc1. The van der Waals surface area contributed by atoms with Gasteiger partial charge in [0.15, 0.2) is 17.0 Å². The highest BCUT2D eigenvalue weighted by molar-refractivity contribution is 5.80. The first-order valence-corrected chi connectivity index (χ1v) is 13.4. The number of para-hydroxylation sites is 2. The lowest BCUT2D eigenvalue weighted by atomic mass is 9.98. The van der Waals surface area contributed by atoms with E-state index in [1.54, 1.807) is 24.3 Å². The smallest absolute Gasteiger partial charge is 0.318 e. The minimum Gasteiger partial charge on any atom is -0.318 e. The van der Waals surface area contributed by atoms with Crippen LogP contribution in [-0.2, 0) is 6.54 Å². The summed E-state index contributed by atoms with van der Waals surface area (Å²) in [7, 11) is 0. The van der Waals surface area contributed by atoms with E-state index in [2.05, 4.69) is 20.6 Å². The van der Waals surface area contributed by atoms with Crippen molar-refractivity contribution in [3.63, 3.8) is 0 Å². The van der Waals surface area contributed by atoms with Gasteiger partial charge in [0.2, 0.25) is 0 Å². The van der Waals surface area contributed by atoms with E-state index < -0.39 is 11.2 Å². The van der Waals surface area contributed by atoms with Gasteiger partial charge in [0.1, 0.15) is 5.82 Å². The quantitative estimate of drug-likeness (QED) is 0.324.